The largest absolute Gasteiger partial charge is 0.478 e. The Kier molecular flexibility index (Phi) is 3.29. The van der Waals surface area contributed by atoms with Gasteiger partial charge in [-0.1, -0.05) is 11.6 Å². The Balaban J connectivity index is 2.47. The van der Waals surface area contributed by atoms with Gasteiger partial charge in [0.15, 0.2) is 5.78 Å². The van der Waals surface area contributed by atoms with Crippen molar-refractivity contribution in [2.75, 3.05) is 0 Å². The van der Waals surface area contributed by atoms with Gasteiger partial charge in [0, 0.05) is 22.2 Å². The molecule has 0 amide bonds. The second kappa shape index (κ2) is 4.72. The fraction of sp³-hybridized carbons (Fsp3) is 0.231. The van der Waals surface area contributed by atoms with Gasteiger partial charge in [-0.15, -0.1) is 0 Å². The number of ketones is 1. The van der Waals surface area contributed by atoms with Crippen LogP contribution in [0.2, 0.25) is 5.02 Å². The molecule has 1 aliphatic carbocycles. The molecule has 88 valence electrons. The van der Waals surface area contributed by atoms with E-state index in [9.17, 15) is 9.59 Å². The van der Waals surface area contributed by atoms with Crippen LogP contribution >= 0.6 is 11.6 Å². The van der Waals surface area contributed by atoms with E-state index in [0.29, 0.717) is 22.6 Å². The highest BCUT2D eigenvalue weighted by Crippen LogP contribution is 2.26. The summed E-state index contributed by atoms with van der Waals surface area (Å²) in [6, 6.07) is 5.10. The molecule has 0 radical (unpaired) electrons. The Morgan fingerprint density at radius 2 is 2.12 bits per heavy atom. The zero-order chi connectivity index (χ0) is 12.4. The minimum absolute atomic E-state index is 0.198. The molecule has 1 N–H and O–H groups in total. The van der Waals surface area contributed by atoms with Crippen LogP contribution in [0.25, 0.3) is 0 Å². The van der Waals surface area contributed by atoms with Gasteiger partial charge in [0.1, 0.15) is 0 Å². The van der Waals surface area contributed by atoms with Crippen molar-refractivity contribution in [2.24, 2.45) is 0 Å². The minimum atomic E-state index is -1.08. The fourth-order valence-electron chi connectivity index (χ4n) is 2.03. The zero-order valence-electron chi connectivity index (χ0n) is 9.07. The number of halogens is 1. The molecule has 0 saturated carbocycles. The summed E-state index contributed by atoms with van der Waals surface area (Å²) in [5.41, 5.74) is 1.83. The summed E-state index contributed by atoms with van der Waals surface area (Å²) in [4.78, 5) is 22.8. The van der Waals surface area contributed by atoms with Crippen LogP contribution in [-0.4, -0.2) is 16.9 Å². The molecule has 0 unspecified atom stereocenters. The van der Waals surface area contributed by atoms with Crippen molar-refractivity contribution in [2.45, 2.75) is 19.3 Å². The Hall–Kier alpha value is -1.61. The van der Waals surface area contributed by atoms with Gasteiger partial charge in [0.2, 0.25) is 0 Å². The molecule has 0 saturated heterocycles. The van der Waals surface area contributed by atoms with E-state index >= 15 is 0 Å². The topological polar surface area (TPSA) is 54.4 Å². The van der Waals surface area contributed by atoms with E-state index in [1.807, 2.05) is 0 Å². The molecule has 17 heavy (non-hydrogen) atoms. The molecule has 0 fully saturated rings. The number of benzene rings is 1. The van der Waals surface area contributed by atoms with Crippen molar-refractivity contribution in [1.29, 1.82) is 0 Å². The molecule has 0 atom stereocenters. The Bertz CT molecular complexity index is 517. The number of carboxylic acids is 1. The molecule has 3 nitrogen and oxygen atoms in total. The van der Waals surface area contributed by atoms with Crippen molar-refractivity contribution >= 4 is 23.4 Å². The maximum atomic E-state index is 12.1. The number of carbonyl (C=O) groups excluding carboxylic acids is 1. The predicted octanol–water partition coefficient (Wildman–Crippen LogP) is 2.87. The third-order valence-corrected chi connectivity index (χ3v) is 3.03. The first-order valence-corrected chi connectivity index (χ1v) is 5.72. The third kappa shape index (κ3) is 2.56. The van der Waals surface area contributed by atoms with Crippen molar-refractivity contribution in [1.82, 2.24) is 0 Å². The molecule has 0 heterocycles. The van der Waals surface area contributed by atoms with Crippen molar-refractivity contribution < 1.29 is 14.7 Å². The summed E-state index contributed by atoms with van der Waals surface area (Å²) in [7, 11) is 0. The zero-order valence-corrected chi connectivity index (χ0v) is 9.83. The summed E-state index contributed by atoms with van der Waals surface area (Å²) in [6.07, 6.45) is 3.01. The number of hydrogen-bond donors (Lipinski definition) is 1. The Labute approximate surface area is 104 Å². The van der Waals surface area contributed by atoms with E-state index in [1.165, 1.54) is 0 Å². The molecular formula is C13H11ClO3. The summed E-state index contributed by atoms with van der Waals surface area (Å²) >= 11 is 5.88. The van der Waals surface area contributed by atoms with Crippen LogP contribution < -0.4 is 0 Å². The number of hydrogen-bond acceptors (Lipinski definition) is 2. The van der Waals surface area contributed by atoms with E-state index < -0.39 is 5.97 Å². The minimum Gasteiger partial charge on any atom is -0.478 e. The molecule has 1 aliphatic rings. The van der Waals surface area contributed by atoms with E-state index in [1.54, 1.807) is 18.2 Å². The maximum absolute atomic E-state index is 12.1. The predicted molar refractivity (Wildman–Crippen MR) is 64.4 cm³/mol. The van der Waals surface area contributed by atoms with Crippen LogP contribution in [0, 0.1) is 0 Å². The van der Waals surface area contributed by atoms with Gasteiger partial charge in [-0.25, -0.2) is 4.79 Å². The van der Waals surface area contributed by atoms with Crippen LogP contribution in [0.1, 0.15) is 28.8 Å². The SMILES string of the molecule is O=C(O)/C=C1\CCCc2cc(Cl)ccc2C1=O. The normalized spacial score (nSPS) is 17.7. The van der Waals surface area contributed by atoms with E-state index in [2.05, 4.69) is 0 Å². The van der Waals surface area contributed by atoms with E-state index in [4.69, 9.17) is 16.7 Å². The number of fused-ring (bicyclic) bond motifs is 1. The van der Waals surface area contributed by atoms with Gasteiger partial charge in [0.05, 0.1) is 0 Å². The molecular weight excluding hydrogens is 240 g/mol. The monoisotopic (exact) mass is 250 g/mol. The van der Waals surface area contributed by atoms with Crippen molar-refractivity contribution in [3.63, 3.8) is 0 Å². The van der Waals surface area contributed by atoms with Gasteiger partial charge < -0.3 is 5.11 Å². The Morgan fingerprint density at radius 3 is 2.82 bits per heavy atom. The first-order valence-electron chi connectivity index (χ1n) is 5.34. The Morgan fingerprint density at radius 1 is 1.35 bits per heavy atom. The number of carbonyl (C=O) groups is 2. The van der Waals surface area contributed by atoms with Crippen LogP contribution in [0.3, 0.4) is 0 Å². The number of aryl methyl sites for hydroxylation is 1. The lowest BCUT2D eigenvalue weighted by Crippen LogP contribution is -2.05. The van der Waals surface area contributed by atoms with Gasteiger partial charge in [-0.2, -0.15) is 0 Å². The van der Waals surface area contributed by atoms with Gasteiger partial charge >= 0.3 is 5.97 Å². The first-order chi connectivity index (χ1) is 8.08. The van der Waals surface area contributed by atoms with Crippen LogP contribution in [0.5, 0.6) is 0 Å². The lowest BCUT2D eigenvalue weighted by Gasteiger charge is -2.04. The summed E-state index contributed by atoms with van der Waals surface area (Å²) in [6.45, 7) is 0. The highest BCUT2D eigenvalue weighted by molar-refractivity contribution is 6.30. The molecule has 0 spiro atoms. The van der Waals surface area contributed by atoms with Crippen LogP contribution in [0.4, 0.5) is 0 Å². The molecule has 0 aromatic heterocycles. The van der Waals surface area contributed by atoms with Gasteiger partial charge in [0.25, 0.3) is 0 Å². The second-order valence-corrected chi connectivity index (χ2v) is 4.43. The standard InChI is InChI=1S/C13H11ClO3/c14-10-4-5-11-8(6-10)2-1-3-9(13(11)17)7-12(15)16/h4-7H,1-3H2,(H,15,16)/b9-7+. The van der Waals surface area contributed by atoms with Gasteiger partial charge in [-0.3, -0.25) is 4.79 Å². The highest BCUT2D eigenvalue weighted by Gasteiger charge is 2.20. The van der Waals surface area contributed by atoms with E-state index in [-0.39, 0.29) is 5.78 Å². The average Bonchev–Trinajstić information content (AvgIpc) is 2.39. The van der Waals surface area contributed by atoms with Crippen molar-refractivity contribution in [3.8, 4) is 0 Å². The summed E-state index contributed by atoms with van der Waals surface area (Å²) in [5, 5.41) is 9.32. The smallest absolute Gasteiger partial charge is 0.328 e. The average molecular weight is 251 g/mol. The molecule has 4 heteroatoms. The molecule has 0 bridgehead atoms. The number of rotatable bonds is 1. The first kappa shape index (κ1) is 11.9. The quantitative estimate of drug-likeness (QED) is 0.616. The molecule has 1 aromatic carbocycles. The van der Waals surface area contributed by atoms with Crippen molar-refractivity contribution in [3.05, 3.63) is 46.0 Å². The molecule has 0 aliphatic heterocycles. The number of aliphatic carboxylic acids is 1. The second-order valence-electron chi connectivity index (χ2n) is 3.99. The van der Waals surface area contributed by atoms with E-state index in [0.717, 1.165) is 24.5 Å². The van der Waals surface area contributed by atoms with Crippen LogP contribution in [-0.2, 0) is 11.2 Å². The lowest BCUT2D eigenvalue weighted by atomic mass is 10.00. The molecule has 2 rings (SSSR count). The molecule has 1 aromatic rings. The fourth-order valence-corrected chi connectivity index (χ4v) is 2.23. The summed E-state index contributed by atoms with van der Waals surface area (Å²) < 4.78 is 0. The highest BCUT2D eigenvalue weighted by atomic mass is 35.5. The van der Waals surface area contributed by atoms with Gasteiger partial charge in [-0.05, 0) is 43.0 Å². The third-order valence-electron chi connectivity index (χ3n) is 2.79. The van der Waals surface area contributed by atoms with Crippen LogP contribution in [0.15, 0.2) is 29.8 Å². The number of allylic oxidation sites excluding steroid dienone is 1. The maximum Gasteiger partial charge on any atom is 0.328 e. The number of Topliss-reactive ketones (excluding diaryl/α,β-unsaturated/α-hetero) is 1. The summed E-state index contributed by atoms with van der Waals surface area (Å²) in [5.74, 6) is -1.28. The lowest BCUT2D eigenvalue weighted by molar-refractivity contribution is -0.131. The number of carboxylic acid groups (broad SMARTS) is 1.